The Hall–Kier alpha value is -3.10. The second kappa shape index (κ2) is 7.87. The molecule has 7 nitrogen and oxygen atoms in total. The molecule has 1 fully saturated rings. The van der Waals surface area contributed by atoms with Crippen molar-refractivity contribution in [3.63, 3.8) is 0 Å². The van der Waals surface area contributed by atoms with Crippen molar-refractivity contribution in [1.82, 2.24) is 30.7 Å². The lowest BCUT2D eigenvalue weighted by atomic mass is 9.94. The first-order valence-corrected chi connectivity index (χ1v) is 9.08. The van der Waals surface area contributed by atoms with E-state index in [2.05, 4.69) is 26.1 Å². The number of aryl methyl sites for hydroxylation is 1. The van der Waals surface area contributed by atoms with E-state index in [4.69, 9.17) is 0 Å². The number of amides is 1. The number of hydrogen-bond acceptors (Lipinski definition) is 5. The predicted molar refractivity (Wildman–Crippen MR) is 102 cm³/mol. The number of rotatable bonds is 5. The Kier molecular flexibility index (Phi) is 5.14. The maximum atomic E-state index is 13.2. The maximum Gasteiger partial charge on any atom is 0.226 e. The fraction of sp³-hybridized carbons (Fsp3) is 0.250. The van der Waals surface area contributed by atoms with Gasteiger partial charge in [-0.2, -0.15) is 0 Å². The SMILES string of the molecule is Cc1nccn1-c1cc(CNC(=O)C2CNNC2c2ccc(F)cc2)ccn1. The first-order chi connectivity index (χ1) is 13.6. The van der Waals surface area contributed by atoms with Gasteiger partial charge < -0.3 is 5.32 Å². The number of benzene rings is 1. The molecule has 8 heteroatoms. The molecule has 1 aliphatic heterocycles. The van der Waals surface area contributed by atoms with Gasteiger partial charge in [-0.25, -0.2) is 19.8 Å². The van der Waals surface area contributed by atoms with Gasteiger partial charge in [-0.05, 0) is 42.3 Å². The molecule has 1 saturated heterocycles. The molecule has 2 atom stereocenters. The molecule has 1 aliphatic rings. The Labute approximate surface area is 162 Å². The van der Waals surface area contributed by atoms with Crippen molar-refractivity contribution in [3.05, 3.63) is 77.8 Å². The molecule has 28 heavy (non-hydrogen) atoms. The van der Waals surface area contributed by atoms with Crippen molar-refractivity contribution in [1.29, 1.82) is 0 Å². The minimum absolute atomic E-state index is 0.0657. The lowest BCUT2D eigenvalue weighted by Crippen LogP contribution is -2.34. The van der Waals surface area contributed by atoms with Gasteiger partial charge in [-0.1, -0.05) is 12.1 Å². The zero-order valence-corrected chi connectivity index (χ0v) is 15.4. The van der Waals surface area contributed by atoms with Gasteiger partial charge in [0.1, 0.15) is 17.5 Å². The summed E-state index contributed by atoms with van der Waals surface area (Å²) < 4.78 is 15.1. The molecular weight excluding hydrogens is 359 g/mol. The second-order valence-corrected chi connectivity index (χ2v) is 6.75. The quantitative estimate of drug-likeness (QED) is 0.629. The summed E-state index contributed by atoms with van der Waals surface area (Å²) in [7, 11) is 0. The van der Waals surface area contributed by atoms with Crippen LogP contribution in [-0.4, -0.2) is 27.0 Å². The summed E-state index contributed by atoms with van der Waals surface area (Å²) in [5.74, 6) is 0.957. The summed E-state index contributed by atoms with van der Waals surface area (Å²) in [6.07, 6.45) is 5.29. The predicted octanol–water partition coefficient (Wildman–Crippen LogP) is 1.80. The van der Waals surface area contributed by atoms with Crippen LogP contribution in [0.25, 0.3) is 5.82 Å². The van der Waals surface area contributed by atoms with Crippen LogP contribution in [0.3, 0.4) is 0 Å². The normalized spacial score (nSPS) is 18.9. The Bertz CT molecular complexity index is 971. The zero-order valence-electron chi connectivity index (χ0n) is 15.4. The van der Waals surface area contributed by atoms with Crippen molar-refractivity contribution in [2.24, 2.45) is 5.92 Å². The molecule has 4 rings (SSSR count). The first-order valence-electron chi connectivity index (χ1n) is 9.08. The largest absolute Gasteiger partial charge is 0.352 e. The number of carbonyl (C=O) groups excluding carboxylic acids is 1. The number of hydrogen-bond donors (Lipinski definition) is 3. The highest BCUT2D eigenvalue weighted by Crippen LogP contribution is 2.25. The smallest absolute Gasteiger partial charge is 0.226 e. The molecule has 2 aromatic heterocycles. The van der Waals surface area contributed by atoms with Crippen molar-refractivity contribution < 1.29 is 9.18 Å². The second-order valence-electron chi connectivity index (χ2n) is 6.75. The zero-order chi connectivity index (χ0) is 19.5. The van der Waals surface area contributed by atoms with Crippen LogP contribution in [0.1, 0.15) is 23.0 Å². The Morgan fingerprint density at radius 3 is 2.82 bits per heavy atom. The van der Waals surface area contributed by atoms with Gasteiger partial charge in [0.2, 0.25) is 5.91 Å². The van der Waals surface area contributed by atoms with Gasteiger partial charge in [-0.3, -0.25) is 14.8 Å². The van der Waals surface area contributed by atoms with Crippen molar-refractivity contribution in [3.8, 4) is 5.82 Å². The number of pyridine rings is 1. The van der Waals surface area contributed by atoms with Crippen LogP contribution in [0, 0.1) is 18.7 Å². The average Bonchev–Trinajstić information content (AvgIpc) is 3.36. The van der Waals surface area contributed by atoms with Gasteiger partial charge in [-0.15, -0.1) is 0 Å². The number of carbonyl (C=O) groups is 1. The number of aromatic nitrogens is 3. The average molecular weight is 380 g/mol. The Morgan fingerprint density at radius 1 is 1.25 bits per heavy atom. The summed E-state index contributed by atoms with van der Waals surface area (Å²) in [6.45, 7) is 2.81. The number of halogens is 1. The van der Waals surface area contributed by atoms with E-state index in [1.54, 1.807) is 24.5 Å². The van der Waals surface area contributed by atoms with E-state index in [-0.39, 0.29) is 23.7 Å². The molecule has 0 spiro atoms. The van der Waals surface area contributed by atoms with Crippen LogP contribution in [0.5, 0.6) is 0 Å². The van der Waals surface area contributed by atoms with Crippen LogP contribution in [0.2, 0.25) is 0 Å². The molecule has 0 radical (unpaired) electrons. The van der Waals surface area contributed by atoms with Crippen molar-refractivity contribution in [2.45, 2.75) is 19.5 Å². The molecule has 0 saturated carbocycles. The van der Waals surface area contributed by atoms with Crippen LogP contribution >= 0.6 is 0 Å². The molecular formula is C20H21FN6O. The van der Waals surface area contributed by atoms with E-state index >= 15 is 0 Å². The Morgan fingerprint density at radius 2 is 2.07 bits per heavy atom. The summed E-state index contributed by atoms with van der Waals surface area (Å²) in [5, 5.41) is 2.99. The molecule has 3 aromatic rings. The van der Waals surface area contributed by atoms with Crippen LogP contribution in [0.15, 0.2) is 55.0 Å². The molecule has 144 valence electrons. The minimum Gasteiger partial charge on any atom is -0.352 e. The number of hydrazine groups is 1. The fourth-order valence-electron chi connectivity index (χ4n) is 3.37. The van der Waals surface area contributed by atoms with E-state index < -0.39 is 0 Å². The summed E-state index contributed by atoms with van der Waals surface area (Å²) in [6, 6.07) is 9.80. The summed E-state index contributed by atoms with van der Waals surface area (Å²) >= 11 is 0. The van der Waals surface area contributed by atoms with Gasteiger partial charge in [0.05, 0.1) is 12.0 Å². The van der Waals surface area contributed by atoms with E-state index in [0.717, 1.165) is 22.8 Å². The van der Waals surface area contributed by atoms with Gasteiger partial charge in [0.15, 0.2) is 0 Å². The highest BCUT2D eigenvalue weighted by atomic mass is 19.1. The monoisotopic (exact) mass is 380 g/mol. The van der Waals surface area contributed by atoms with E-state index in [1.165, 1.54) is 12.1 Å². The third-order valence-electron chi connectivity index (χ3n) is 4.90. The Balaban J connectivity index is 1.43. The lowest BCUT2D eigenvalue weighted by Gasteiger charge is -2.18. The molecule has 2 unspecified atom stereocenters. The lowest BCUT2D eigenvalue weighted by molar-refractivity contribution is -0.125. The first kappa shape index (κ1) is 18.3. The van der Waals surface area contributed by atoms with Crippen LogP contribution in [-0.2, 0) is 11.3 Å². The van der Waals surface area contributed by atoms with Crippen LogP contribution in [0.4, 0.5) is 4.39 Å². The number of imidazole rings is 1. The highest BCUT2D eigenvalue weighted by molar-refractivity contribution is 5.80. The molecule has 1 amide bonds. The standard InChI is InChI=1S/C20H21FN6O/c1-13-22-8-9-27(13)18-10-14(6-7-23-18)11-24-20(28)17-12-25-26-19(17)15-2-4-16(21)5-3-15/h2-10,17,19,25-26H,11-12H2,1H3,(H,24,28). The highest BCUT2D eigenvalue weighted by Gasteiger charge is 2.33. The van der Waals surface area contributed by atoms with Crippen molar-refractivity contribution >= 4 is 5.91 Å². The number of nitrogens with zero attached hydrogens (tertiary/aromatic N) is 3. The number of nitrogens with one attached hydrogen (secondary N) is 3. The molecule has 0 aliphatic carbocycles. The van der Waals surface area contributed by atoms with Crippen molar-refractivity contribution in [2.75, 3.05) is 6.54 Å². The summed E-state index contributed by atoms with van der Waals surface area (Å²) in [5.41, 5.74) is 7.94. The topological polar surface area (TPSA) is 83.9 Å². The van der Waals surface area contributed by atoms with Gasteiger partial charge in [0.25, 0.3) is 0 Å². The third-order valence-corrected chi connectivity index (χ3v) is 4.90. The molecule has 1 aromatic carbocycles. The van der Waals surface area contributed by atoms with Gasteiger partial charge in [0, 0.05) is 31.7 Å². The molecule has 3 heterocycles. The van der Waals surface area contributed by atoms with Crippen LogP contribution < -0.4 is 16.2 Å². The van der Waals surface area contributed by atoms with E-state index in [9.17, 15) is 9.18 Å². The third kappa shape index (κ3) is 3.78. The molecule has 3 N–H and O–H groups in total. The summed E-state index contributed by atoms with van der Waals surface area (Å²) in [4.78, 5) is 21.3. The van der Waals surface area contributed by atoms with E-state index in [0.29, 0.717) is 13.1 Å². The fourth-order valence-corrected chi connectivity index (χ4v) is 3.37. The maximum absolute atomic E-state index is 13.2. The minimum atomic E-state index is -0.294. The van der Waals surface area contributed by atoms with Gasteiger partial charge >= 0.3 is 0 Å². The van der Waals surface area contributed by atoms with E-state index in [1.807, 2.05) is 29.8 Å². The molecule has 0 bridgehead atoms.